The van der Waals surface area contributed by atoms with E-state index in [1.807, 2.05) is 0 Å². The highest BCUT2D eigenvalue weighted by Crippen LogP contribution is 2.38. The van der Waals surface area contributed by atoms with Crippen molar-refractivity contribution in [3.63, 3.8) is 0 Å². The Morgan fingerprint density at radius 2 is 1.65 bits per heavy atom. The maximum Gasteiger partial charge on any atom is 0.329 e. The number of ether oxygens (including phenoxy) is 3. The van der Waals surface area contributed by atoms with Gasteiger partial charge in [-0.15, -0.1) is 0 Å². The summed E-state index contributed by atoms with van der Waals surface area (Å²) in [6.45, 7) is 3.18. The molecule has 1 atom stereocenters. The van der Waals surface area contributed by atoms with Crippen LogP contribution in [0.15, 0.2) is 12.1 Å². The van der Waals surface area contributed by atoms with Gasteiger partial charge < -0.3 is 24.6 Å². The van der Waals surface area contributed by atoms with E-state index < -0.39 is 17.4 Å². The fourth-order valence-corrected chi connectivity index (χ4v) is 2.07. The SMILES string of the molecule is CCC(C)(NC(=O)Cc1cc(OC)c(OC)c(OC)c1)C(=O)O. The second-order valence-electron chi connectivity index (χ2n) is 5.25. The topological polar surface area (TPSA) is 94.1 Å². The summed E-state index contributed by atoms with van der Waals surface area (Å²) in [7, 11) is 4.46. The number of carboxylic acids is 1. The highest BCUT2D eigenvalue weighted by molar-refractivity contribution is 5.87. The van der Waals surface area contributed by atoms with Crippen molar-refractivity contribution in [1.82, 2.24) is 5.32 Å². The normalized spacial score (nSPS) is 12.9. The van der Waals surface area contributed by atoms with E-state index in [-0.39, 0.29) is 12.8 Å². The predicted molar refractivity (Wildman–Crippen MR) is 84.3 cm³/mol. The standard InChI is InChI=1S/C16H23NO6/c1-6-16(2,15(19)20)17-13(18)9-10-7-11(21-3)14(23-5)12(8-10)22-4/h7-8H,6,9H2,1-5H3,(H,17,18)(H,19,20). The lowest BCUT2D eigenvalue weighted by Gasteiger charge is -2.24. The summed E-state index contributed by atoms with van der Waals surface area (Å²) >= 11 is 0. The van der Waals surface area contributed by atoms with Crippen molar-refractivity contribution in [2.45, 2.75) is 32.2 Å². The van der Waals surface area contributed by atoms with Gasteiger partial charge in [0, 0.05) is 0 Å². The van der Waals surface area contributed by atoms with E-state index in [1.165, 1.54) is 28.3 Å². The van der Waals surface area contributed by atoms with Crippen LogP contribution in [0.2, 0.25) is 0 Å². The van der Waals surface area contributed by atoms with E-state index >= 15 is 0 Å². The number of rotatable bonds is 8. The maximum absolute atomic E-state index is 12.2. The molecule has 23 heavy (non-hydrogen) atoms. The van der Waals surface area contributed by atoms with Gasteiger partial charge in [-0.05, 0) is 31.0 Å². The van der Waals surface area contributed by atoms with E-state index in [0.717, 1.165) is 0 Å². The molecule has 0 spiro atoms. The molecule has 1 unspecified atom stereocenters. The number of carbonyl (C=O) groups is 2. The zero-order valence-corrected chi connectivity index (χ0v) is 14.1. The molecule has 0 radical (unpaired) electrons. The van der Waals surface area contributed by atoms with Gasteiger partial charge in [-0.1, -0.05) is 6.92 Å². The first-order valence-corrected chi connectivity index (χ1v) is 7.14. The molecule has 7 nitrogen and oxygen atoms in total. The Bertz CT molecular complexity index is 561. The highest BCUT2D eigenvalue weighted by atomic mass is 16.5. The van der Waals surface area contributed by atoms with Gasteiger partial charge in [0.2, 0.25) is 11.7 Å². The van der Waals surface area contributed by atoms with Crippen molar-refractivity contribution >= 4 is 11.9 Å². The Morgan fingerprint density at radius 3 is 2.00 bits per heavy atom. The lowest BCUT2D eigenvalue weighted by molar-refractivity contribution is -0.146. The van der Waals surface area contributed by atoms with Crippen LogP contribution in [0.3, 0.4) is 0 Å². The van der Waals surface area contributed by atoms with E-state index in [1.54, 1.807) is 19.1 Å². The van der Waals surface area contributed by atoms with Crippen LogP contribution in [0.25, 0.3) is 0 Å². The fraction of sp³-hybridized carbons (Fsp3) is 0.500. The van der Waals surface area contributed by atoms with Crippen molar-refractivity contribution in [3.05, 3.63) is 17.7 Å². The number of aliphatic carboxylic acids is 1. The van der Waals surface area contributed by atoms with Crippen LogP contribution in [0, 0.1) is 0 Å². The number of methoxy groups -OCH3 is 3. The Hall–Kier alpha value is -2.44. The summed E-state index contributed by atoms with van der Waals surface area (Å²) in [5.41, 5.74) is -0.668. The Kier molecular flexibility index (Phi) is 6.24. The second-order valence-corrected chi connectivity index (χ2v) is 5.25. The lowest BCUT2D eigenvalue weighted by Crippen LogP contribution is -2.52. The summed E-state index contributed by atoms with van der Waals surface area (Å²) < 4.78 is 15.7. The number of amides is 1. The van der Waals surface area contributed by atoms with Crippen LogP contribution in [0.5, 0.6) is 17.2 Å². The number of nitrogens with one attached hydrogen (secondary N) is 1. The van der Waals surface area contributed by atoms with Gasteiger partial charge in [0.05, 0.1) is 27.8 Å². The molecule has 0 saturated carbocycles. The van der Waals surface area contributed by atoms with E-state index in [4.69, 9.17) is 14.2 Å². The molecule has 0 aliphatic heterocycles. The van der Waals surface area contributed by atoms with Crippen molar-refractivity contribution in [2.75, 3.05) is 21.3 Å². The molecule has 0 aromatic heterocycles. The third kappa shape index (κ3) is 4.28. The van der Waals surface area contributed by atoms with Gasteiger partial charge in [-0.2, -0.15) is 0 Å². The van der Waals surface area contributed by atoms with Crippen LogP contribution >= 0.6 is 0 Å². The average Bonchev–Trinajstić information content (AvgIpc) is 2.53. The average molecular weight is 325 g/mol. The maximum atomic E-state index is 12.2. The number of hydrogen-bond acceptors (Lipinski definition) is 5. The number of hydrogen-bond donors (Lipinski definition) is 2. The molecule has 1 aromatic carbocycles. The Morgan fingerprint density at radius 1 is 1.13 bits per heavy atom. The third-order valence-electron chi connectivity index (χ3n) is 3.68. The molecule has 0 aliphatic carbocycles. The minimum absolute atomic E-state index is 0.000412. The largest absolute Gasteiger partial charge is 0.493 e. The fourth-order valence-electron chi connectivity index (χ4n) is 2.07. The van der Waals surface area contributed by atoms with Crippen molar-refractivity contribution < 1.29 is 28.9 Å². The van der Waals surface area contributed by atoms with Gasteiger partial charge in [0.25, 0.3) is 0 Å². The van der Waals surface area contributed by atoms with Crippen LogP contribution < -0.4 is 19.5 Å². The van der Waals surface area contributed by atoms with Crippen molar-refractivity contribution in [1.29, 1.82) is 0 Å². The molecular weight excluding hydrogens is 302 g/mol. The first kappa shape index (κ1) is 18.6. The summed E-state index contributed by atoms with van der Waals surface area (Å²) in [4.78, 5) is 23.4. The van der Waals surface area contributed by atoms with Crippen molar-refractivity contribution in [2.24, 2.45) is 0 Å². The van der Waals surface area contributed by atoms with Crippen LogP contribution in [0.4, 0.5) is 0 Å². The Balaban J connectivity index is 3.01. The minimum Gasteiger partial charge on any atom is -0.493 e. The first-order chi connectivity index (χ1) is 10.8. The van der Waals surface area contributed by atoms with Gasteiger partial charge in [0.15, 0.2) is 11.5 Å². The monoisotopic (exact) mass is 325 g/mol. The van der Waals surface area contributed by atoms with Gasteiger partial charge in [0.1, 0.15) is 5.54 Å². The quantitative estimate of drug-likeness (QED) is 0.754. The smallest absolute Gasteiger partial charge is 0.329 e. The Labute approximate surface area is 135 Å². The first-order valence-electron chi connectivity index (χ1n) is 7.14. The van der Waals surface area contributed by atoms with Gasteiger partial charge in [-0.3, -0.25) is 4.79 Å². The molecule has 0 fully saturated rings. The summed E-state index contributed by atoms with van der Waals surface area (Å²) in [5.74, 6) is -0.162. The molecular formula is C16H23NO6. The molecule has 1 amide bonds. The van der Waals surface area contributed by atoms with Crippen LogP contribution in [-0.2, 0) is 16.0 Å². The highest BCUT2D eigenvalue weighted by Gasteiger charge is 2.32. The molecule has 1 aromatic rings. The van der Waals surface area contributed by atoms with E-state index in [2.05, 4.69) is 5.32 Å². The third-order valence-corrected chi connectivity index (χ3v) is 3.68. The lowest BCUT2D eigenvalue weighted by atomic mass is 9.98. The zero-order chi connectivity index (χ0) is 17.6. The molecule has 0 saturated heterocycles. The van der Waals surface area contributed by atoms with Crippen LogP contribution in [-0.4, -0.2) is 43.9 Å². The number of carbonyl (C=O) groups excluding carboxylic acids is 1. The zero-order valence-electron chi connectivity index (χ0n) is 14.1. The molecule has 128 valence electrons. The van der Waals surface area contributed by atoms with Gasteiger partial charge >= 0.3 is 5.97 Å². The van der Waals surface area contributed by atoms with E-state index in [0.29, 0.717) is 22.8 Å². The molecule has 2 N–H and O–H groups in total. The van der Waals surface area contributed by atoms with Crippen LogP contribution in [0.1, 0.15) is 25.8 Å². The molecule has 1 rings (SSSR count). The molecule has 7 heteroatoms. The summed E-state index contributed by atoms with van der Waals surface area (Å²) in [5, 5.41) is 11.8. The molecule has 0 aliphatic rings. The molecule has 0 bridgehead atoms. The second kappa shape index (κ2) is 7.71. The minimum atomic E-state index is -1.29. The van der Waals surface area contributed by atoms with Crippen molar-refractivity contribution in [3.8, 4) is 17.2 Å². The summed E-state index contributed by atoms with van der Waals surface area (Å²) in [6.07, 6.45) is 0.281. The number of benzene rings is 1. The number of carboxylic acid groups (broad SMARTS) is 1. The summed E-state index contributed by atoms with van der Waals surface area (Å²) in [6, 6.07) is 3.32. The predicted octanol–water partition coefficient (Wildman–Crippen LogP) is 1.62. The van der Waals surface area contributed by atoms with E-state index in [9.17, 15) is 14.7 Å². The molecule has 0 heterocycles. The van der Waals surface area contributed by atoms with Gasteiger partial charge in [-0.25, -0.2) is 4.79 Å².